The van der Waals surface area contributed by atoms with E-state index >= 15 is 0 Å². The van der Waals surface area contributed by atoms with Crippen LogP contribution in [-0.2, 0) is 4.74 Å². The molecule has 156 valence electrons. The minimum atomic E-state index is -0.494. The first-order valence-electron chi connectivity index (χ1n) is 10.2. The van der Waals surface area contributed by atoms with Crippen molar-refractivity contribution in [2.75, 3.05) is 6.54 Å². The number of para-hydroxylation sites is 1. The van der Waals surface area contributed by atoms with Crippen molar-refractivity contribution < 1.29 is 9.53 Å². The quantitative estimate of drug-likeness (QED) is 0.537. The molecule has 2 saturated heterocycles. The van der Waals surface area contributed by atoms with Gasteiger partial charge in [-0.25, -0.2) is 4.79 Å². The molecule has 0 N–H and O–H groups in total. The average Bonchev–Trinajstić information content (AvgIpc) is 2.90. The molecule has 0 amide bonds. The number of carbonyl (C=O) groups excluding carboxylic acids is 1. The molecule has 1 aromatic carbocycles. The van der Waals surface area contributed by atoms with Crippen molar-refractivity contribution in [1.82, 2.24) is 9.47 Å². The van der Waals surface area contributed by atoms with Crippen molar-refractivity contribution in [2.45, 2.75) is 63.8 Å². The number of pyridine rings is 1. The normalized spacial score (nSPS) is 23.8. The molecule has 5 nitrogen and oxygen atoms in total. The van der Waals surface area contributed by atoms with Crippen molar-refractivity contribution >= 4 is 29.3 Å². The minimum absolute atomic E-state index is 0. The average molecular weight is 417 g/mol. The molecule has 2 aliphatic rings. The van der Waals surface area contributed by atoms with Gasteiger partial charge in [0.15, 0.2) is 0 Å². The van der Waals surface area contributed by atoms with E-state index in [-0.39, 0.29) is 35.7 Å². The van der Waals surface area contributed by atoms with Crippen LogP contribution in [0.25, 0.3) is 10.9 Å². The highest BCUT2D eigenvalue weighted by Gasteiger charge is 2.41. The number of carbonyl (C=O) groups is 1. The van der Waals surface area contributed by atoms with E-state index in [1.807, 2.05) is 44.2 Å². The van der Waals surface area contributed by atoms with E-state index in [1.54, 1.807) is 10.6 Å². The summed E-state index contributed by atoms with van der Waals surface area (Å²) in [6, 6.07) is 10.2. The lowest BCUT2D eigenvalue weighted by Crippen LogP contribution is -2.46. The van der Waals surface area contributed by atoms with Gasteiger partial charge in [0, 0.05) is 37.5 Å². The number of aromatic nitrogens is 1. The van der Waals surface area contributed by atoms with Gasteiger partial charge >= 0.3 is 5.97 Å². The summed E-state index contributed by atoms with van der Waals surface area (Å²) >= 11 is 0. The van der Waals surface area contributed by atoms with E-state index in [0.717, 1.165) is 43.1 Å². The predicted molar refractivity (Wildman–Crippen MR) is 118 cm³/mol. The molecule has 1 aromatic heterocycles. The monoisotopic (exact) mass is 416 g/mol. The molecule has 0 radical (unpaired) electrons. The number of hydrogen-bond donors (Lipinski definition) is 0. The second-order valence-electron chi connectivity index (χ2n) is 8.25. The zero-order valence-corrected chi connectivity index (χ0v) is 17.9. The maximum absolute atomic E-state index is 13.0. The van der Waals surface area contributed by atoms with Gasteiger partial charge in [-0.1, -0.05) is 24.3 Å². The molecule has 0 aliphatic carbocycles. The molecule has 3 heterocycles. The fourth-order valence-electron chi connectivity index (χ4n) is 4.93. The summed E-state index contributed by atoms with van der Waals surface area (Å²) in [5, 5.41) is 0.878. The number of hydrogen-bond acceptors (Lipinski definition) is 4. The van der Waals surface area contributed by atoms with Crippen LogP contribution in [0.2, 0.25) is 0 Å². The first kappa shape index (κ1) is 21.6. The van der Waals surface area contributed by atoms with E-state index in [1.165, 1.54) is 0 Å². The topological polar surface area (TPSA) is 51.5 Å². The lowest BCUT2D eigenvalue weighted by molar-refractivity contribution is -0.00363. The van der Waals surface area contributed by atoms with Crippen LogP contribution in [0.1, 0.15) is 55.9 Å². The largest absolute Gasteiger partial charge is 0.459 e. The SMILES string of the molecule is C=CCN1C2CCC1CC(OC(=O)c1cc3ccccc3n(C(C)C)c1=O)C2.Cl. The van der Waals surface area contributed by atoms with E-state index in [9.17, 15) is 9.59 Å². The van der Waals surface area contributed by atoms with Gasteiger partial charge in [0.05, 0.1) is 5.52 Å². The Balaban J connectivity index is 0.00000240. The van der Waals surface area contributed by atoms with E-state index in [2.05, 4.69) is 11.5 Å². The van der Waals surface area contributed by atoms with Gasteiger partial charge in [0.25, 0.3) is 5.56 Å². The zero-order chi connectivity index (χ0) is 19.8. The van der Waals surface area contributed by atoms with Crippen molar-refractivity contribution in [3.63, 3.8) is 0 Å². The molecular weight excluding hydrogens is 388 g/mol. The lowest BCUT2D eigenvalue weighted by atomic mass is 9.99. The molecule has 2 atom stereocenters. The molecule has 0 saturated carbocycles. The molecule has 2 aliphatic heterocycles. The van der Waals surface area contributed by atoms with Crippen LogP contribution in [0.15, 0.2) is 47.8 Å². The fourth-order valence-corrected chi connectivity index (χ4v) is 4.93. The third kappa shape index (κ3) is 3.99. The fraction of sp³-hybridized carbons (Fsp3) is 0.478. The molecule has 6 heteroatoms. The third-order valence-electron chi connectivity index (χ3n) is 6.14. The van der Waals surface area contributed by atoms with Crippen molar-refractivity contribution in [1.29, 1.82) is 0 Å². The number of nitrogens with zero attached hydrogens (tertiary/aromatic N) is 2. The van der Waals surface area contributed by atoms with Gasteiger partial charge in [-0.05, 0) is 44.2 Å². The number of esters is 1. The second kappa shape index (κ2) is 8.72. The Bertz CT molecular complexity index is 954. The van der Waals surface area contributed by atoms with Gasteiger partial charge in [-0.15, -0.1) is 19.0 Å². The molecule has 2 bridgehead atoms. The minimum Gasteiger partial charge on any atom is -0.459 e. The maximum Gasteiger partial charge on any atom is 0.344 e. The van der Waals surface area contributed by atoms with Gasteiger partial charge in [0.1, 0.15) is 11.7 Å². The molecular formula is C23H29ClN2O3. The van der Waals surface area contributed by atoms with E-state index < -0.39 is 5.97 Å². The van der Waals surface area contributed by atoms with Crippen LogP contribution >= 0.6 is 12.4 Å². The van der Waals surface area contributed by atoms with E-state index in [4.69, 9.17) is 4.74 Å². The standard InChI is InChI=1S/C23H28N2O3.ClH/c1-4-11-24-17-9-10-18(24)14-19(13-17)28-23(27)20-12-16-7-5-6-8-21(16)25(15(2)3)22(20)26;/h4-8,12,15,17-19H,1,9-11,13-14H2,2-3H3;1H. The number of piperidine rings is 1. The number of rotatable bonds is 5. The first-order valence-corrected chi connectivity index (χ1v) is 10.2. The molecule has 2 unspecified atom stereocenters. The Morgan fingerprint density at radius 2 is 1.90 bits per heavy atom. The number of halogens is 1. The molecule has 0 spiro atoms. The predicted octanol–water partition coefficient (Wildman–Crippen LogP) is 4.34. The summed E-state index contributed by atoms with van der Waals surface area (Å²) in [7, 11) is 0. The van der Waals surface area contributed by atoms with Crippen molar-refractivity contribution in [3.05, 3.63) is 58.9 Å². The van der Waals surface area contributed by atoms with Gasteiger partial charge in [-0.2, -0.15) is 0 Å². The van der Waals surface area contributed by atoms with Crippen LogP contribution in [0, 0.1) is 0 Å². The Kier molecular flexibility index (Phi) is 6.49. The molecule has 2 aromatic rings. The third-order valence-corrected chi connectivity index (χ3v) is 6.14. The Labute approximate surface area is 177 Å². The smallest absolute Gasteiger partial charge is 0.344 e. The van der Waals surface area contributed by atoms with Crippen LogP contribution in [-0.4, -0.2) is 40.2 Å². The van der Waals surface area contributed by atoms with Crippen LogP contribution in [0.4, 0.5) is 0 Å². The number of benzene rings is 1. The van der Waals surface area contributed by atoms with Crippen molar-refractivity contribution in [3.8, 4) is 0 Å². The number of fused-ring (bicyclic) bond motifs is 3. The van der Waals surface area contributed by atoms with Crippen LogP contribution in [0.5, 0.6) is 0 Å². The Hall–Kier alpha value is -2.11. The Morgan fingerprint density at radius 3 is 2.52 bits per heavy atom. The highest BCUT2D eigenvalue weighted by atomic mass is 35.5. The second-order valence-corrected chi connectivity index (χ2v) is 8.25. The first-order chi connectivity index (χ1) is 13.5. The summed E-state index contributed by atoms with van der Waals surface area (Å²) in [4.78, 5) is 28.4. The van der Waals surface area contributed by atoms with Gasteiger partial charge in [-0.3, -0.25) is 9.69 Å². The zero-order valence-electron chi connectivity index (χ0n) is 17.0. The summed E-state index contributed by atoms with van der Waals surface area (Å²) < 4.78 is 7.53. The van der Waals surface area contributed by atoms with Gasteiger partial charge < -0.3 is 9.30 Å². The summed E-state index contributed by atoms with van der Waals surface area (Å²) in [5.74, 6) is -0.494. The Morgan fingerprint density at radius 1 is 1.24 bits per heavy atom. The highest BCUT2D eigenvalue weighted by molar-refractivity contribution is 5.94. The summed E-state index contributed by atoms with van der Waals surface area (Å²) in [6.07, 6.45) is 5.78. The lowest BCUT2D eigenvalue weighted by Gasteiger charge is -2.37. The maximum atomic E-state index is 13.0. The molecule has 4 rings (SSSR count). The number of ether oxygens (including phenoxy) is 1. The summed E-state index contributed by atoms with van der Waals surface area (Å²) in [5.41, 5.74) is 0.703. The molecule has 2 fully saturated rings. The van der Waals surface area contributed by atoms with E-state index in [0.29, 0.717) is 12.1 Å². The van der Waals surface area contributed by atoms with Crippen LogP contribution in [0.3, 0.4) is 0 Å². The summed E-state index contributed by atoms with van der Waals surface area (Å²) in [6.45, 7) is 8.65. The molecule has 29 heavy (non-hydrogen) atoms. The van der Waals surface area contributed by atoms with Gasteiger partial charge in [0.2, 0.25) is 0 Å². The van der Waals surface area contributed by atoms with Crippen molar-refractivity contribution in [2.24, 2.45) is 0 Å². The highest BCUT2D eigenvalue weighted by Crippen LogP contribution is 2.36. The van der Waals surface area contributed by atoms with Crippen LogP contribution < -0.4 is 5.56 Å².